The summed E-state index contributed by atoms with van der Waals surface area (Å²) in [5.74, 6) is 0.722. The smallest absolute Gasteiger partial charge is 0.226 e. The van der Waals surface area contributed by atoms with Gasteiger partial charge in [-0.15, -0.1) is 0 Å². The summed E-state index contributed by atoms with van der Waals surface area (Å²) in [6, 6.07) is 3.90. The molecule has 6 nitrogen and oxygen atoms in total. The second-order valence-electron chi connectivity index (χ2n) is 4.07. The van der Waals surface area contributed by atoms with Crippen molar-refractivity contribution in [3.05, 3.63) is 35.5 Å². The van der Waals surface area contributed by atoms with Gasteiger partial charge in [0.05, 0.1) is 17.6 Å². The Morgan fingerprint density at radius 1 is 1.37 bits per heavy atom. The van der Waals surface area contributed by atoms with Crippen molar-refractivity contribution < 1.29 is 0 Å². The summed E-state index contributed by atoms with van der Waals surface area (Å²) in [4.78, 5) is 11.4. The van der Waals surface area contributed by atoms with Gasteiger partial charge in [-0.1, -0.05) is 0 Å². The zero-order valence-electron chi connectivity index (χ0n) is 10.4. The molecule has 0 aliphatic heterocycles. The Kier molecular flexibility index (Phi) is 3.08. The molecule has 3 aromatic heterocycles. The molecular weight excluding hydrogens is 264 g/mol. The number of hydrogen-bond donors (Lipinski definition) is 2. The first-order valence-electron chi connectivity index (χ1n) is 6.03. The molecule has 0 aliphatic rings. The Morgan fingerprint density at radius 3 is 3.11 bits per heavy atom. The third-order valence-corrected chi connectivity index (χ3v) is 3.10. The van der Waals surface area contributed by atoms with E-state index in [1.54, 1.807) is 6.20 Å². The van der Waals surface area contributed by atoms with Gasteiger partial charge < -0.3 is 10.3 Å². The molecule has 0 unspecified atom stereocenters. The maximum absolute atomic E-state index is 5.90. The first-order chi connectivity index (χ1) is 9.28. The van der Waals surface area contributed by atoms with Crippen molar-refractivity contribution in [2.24, 2.45) is 0 Å². The van der Waals surface area contributed by atoms with Crippen molar-refractivity contribution in [1.29, 1.82) is 0 Å². The average Bonchev–Trinajstić information content (AvgIpc) is 3.03. The van der Waals surface area contributed by atoms with Crippen LogP contribution in [0.3, 0.4) is 0 Å². The molecule has 0 bridgehead atoms. The van der Waals surface area contributed by atoms with Gasteiger partial charge in [-0.25, -0.2) is 4.98 Å². The van der Waals surface area contributed by atoms with E-state index in [0.717, 1.165) is 29.1 Å². The Morgan fingerprint density at radius 2 is 2.26 bits per heavy atom. The molecule has 3 rings (SSSR count). The van der Waals surface area contributed by atoms with Crippen LogP contribution in [0.15, 0.2) is 24.5 Å². The van der Waals surface area contributed by atoms with Crippen LogP contribution in [0.5, 0.6) is 0 Å². The van der Waals surface area contributed by atoms with Crippen molar-refractivity contribution in [2.75, 3.05) is 5.32 Å². The van der Waals surface area contributed by atoms with Crippen molar-refractivity contribution in [1.82, 2.24) is 24.7 Å². The largest absolute Gasteiger partial charge is 0.364 e. The van der Waals surface area contributed by atoms with E-state index in [2.05, 4.69) is 32.3 Å². The van der Waals surface area contributed by atoms with Gasteiger partial charge in [-0.2, -0.15) is 10.1 Å². The minimum absolute atomic E-state index is 0.224. The van der Waals surface area contributed by atoms with Gasteiger partial charge >= 0.3 is 0 Å². The third kappa shape index (κ3) is 2.26. The maximum atomic E-state index is 5.90. The lowest BCUT2D eigenvalue weighted by Gasteiger charge is -2.08. The fourth-order valence-corrected chi connectivity index (χ4v) is 2.19. The molecule has 3 aromatic rings. The van der Waals surface area contributed by atoms with Crippen LogP contribution in [-0.2, 0) is 13.1 Å². The molecule has 0 amide bonds. The zero-order valence-corrected chi connectivity index (χ0v) is 11.1. The van der Waals surface area contributed by atoms with Gasteiger partial charge in [0.1, 0.15) is 11.5 Å². The van der Waals surface area contributed by atoms with Crippen LogP contribution in [0, 0.1) is 0 Å². The normalized spacial score (nSPS) is 11.1. The number of fused-ring (bicyclic) bond motifs is 1. The number of aromatic nitrogens is 5. The number of H-pyrrole nitrogens is 1. The van der Waals surface area contributed by atoms with E-state index in [-0.39, 0.29) is 5.28 Å². The summed E-state index contributed by atoms with van der Waals surface area (Å²) < 4.78 is 1.93. The van der Waals surface area contributed by atoms with Crippen LogP contribution in [-0.4, -0.2) is 24.7 Å². The average molecular weight is 277 g/mol. The summed E-state index contributed by atoms with van der Waals surface area (Å²) >= 11 is 5.90. The predicted octanol–water partition coefficient (Wildman–Crippen LogP) is 2.44. The van der Waals surface area contributed by atoms with Crippen LogP contribution in [0.4, 0.5) is 5.82 Å². The van der Waals surface area contributed by atoms with Crippen LogP contribution < -0.4 is 5.32 Å². The highest BCUT2D eigenvalue weighted by Crippen LogP contribution is 2.21. The highest BCUT2D eigenvalue weighted by molar-refractivity contribution is 6.28. The fraction of sp³-hybridized carbons (Fsp3) is 0.250. The zero-order chi connectivity index (χ0) is 13.2. The van der Waals surface area contributed by atoms with Crippen LogP contribution >= 0.6 is 11.6 Å². The molecule has 0 aliphatic carbocycles. The Bertz CT molecular complexity index is 701. The van der Waals surface area contributed by atoms with E-state index in [0.29, 0.717) is 6.54 Å². The van der Waals surface area contributed by atoms with Gasteiger partial charge in [0, 0.05) is 18.9 Å². The van der Waals surface area contributed by atoms with Crippen molar-refractivity contribution in [3.63, 3.8) is 0 Å². The number of rotatable bonds is 4. The van der Waals surface area contributed by atoms with E-state index < -0.39 is 0 Å². The van der Waals surface area contributed by atoms with Crippen molar-refractivity contribution in [2.45, 2.75) is 20.0 Å². The monoisotopic (exact) mass is 276 g/mol. The minimum atomic E-state index is 0.224. The molecule has 0 fully saturated rings. The van der Waals surface area contributed by atoms with E-state index in [9.17, 15) is 0 Å². The van der Waals surface area contributed by atoms with Gasteiger partial charge in [0.2, 0.25) is 5.28 Å². The number of nitrogens with one attached hydrogen (secondary N) is 2. The Balaban J connectivity index is 1.87. The van der Waals surface area contributed by atoms with E-state index in [1.807, 2.05) is 23.0 Å². The quantitative estimate of drug-likeness (QED) is 0.718. The molecule has 0 saturated carbocycles. The number of hydrogen-bond acceptors (Lipinski definition) is 4. The molecule has 7 heteroatoms. The highest BCUT2D eigenvalue weighted by atomic mass is 35.5. The van der Waals surface area contributed by atoms with E-state index >= 15 is 0 Å². The molecule has 0 spiro atoms. The molecule has 98 valence electrons. The lowest BCUT2D eigenvalue weighted by atomic mass is 10.3. The molecule has 3 heterocycles. The second-order valence-corrected chi connectivity index (χ2v) is 4.41. The second kappa shape index (κ2) is 4.89. The third-order valence-electron chi connectivity index (χ3n) is 2.93. The topological polar surface area (TPSA) is 71.4 Å². The summed E-state index contributed by atoms with van der Waals surface area (Å²) in [5.41, 5.74) is 1.83. The predicted molar refractivity (Wildman–Crippen MR) is 74.1 cm³/mol. The van der Waals surface area contributed by atoms with E-state index in [1.165, 1.54) is 0 Å². The van der Waals surface area contributed by atoms with Gasteiger partial charge in [-0.3, -0.25) is 4.68 Å². The molecule has 0 aromatic carbocycles. The maximum Gasteiger partial charge on any atom is 0.226 e. The molecule has 2 N–H and O–H groups in total. The molecule has 0 radical (unpaired) electrons. The number of aromatic amines is 1. The Hall–Kier alpha value is -2.08. The van der Waals surface area contributed by atoms with Crippen LogP contribution in [0.25, 0.3) is 11.0 Å². The highest BCUT2D eigenvalue weighted by Gasteiger charge is 2.08. The lowest BCUT2D eigenvalue weighted by Crippen LogP contribution is -2.09. The molecular formula is C12H13ClN6. The first kappa shape index (κ1) is 12.0. The van der Waals surface area contributed by atoms with Crippen molar-refractivity contribution in [3.8, 4) is 0 Å². The van der Waals surface area contributed by atoms with Crippen LogP contribution in [0.2, 0.25) is 5.28 Å². The number of halogens is 1. The molecule has 0 saturated heterocycles. The molecule has 0 atom stereocenters. The Labute approximate surface area is 114 Å². The SMILES string of the molecule is CCn1nccc1CNc1nc(Cl)nc2[nH]ccc12. The standard InChI is InChI=1S/C12H13ClN6/c1-2-19-8(3-6-16-19)7-15-11-9-4-5-14-10(9)17-12(13)18-11/h3-6H,2,7H2,1H3,(H2,14,15,17,18). The first-order valence-corrected chi connectivity index (χ1v) is 6.41. The number of nitrogens with zero attached hydrogens (tertiary/aromatic N) is 4. The van der Waals surface area contributed by atoms with Crippen molar-refractivity contribution >= 4 is 28.5 Å². The summed E-state index contributed by atoms with van der Waals surface area (Å²) in [6.45, 7) is 3.54. The summed E-state index contributed by atoms with van der Waals surface area (Å²) in [7, 11) is 0. The van der Waals surface area contributed by atoms with Gasteiger partial charge in [0.25, 0.3) is 0 Å². The number of aryl methyl sites for hydroxylation is 1. The summed E-state index contributed by atoms with van der Waals surface area (Å²) in [5, 5.41) is 8.65. The molecule has 19 heavy (non-hydrogen) atoms. The van der Waals surface area contributed by atoms with Gasteiger partial charge in [-0.05, 0) is 30.7 Å². The fourth-order valence-electron chi connectivity index (χ4n) is 2.02. The lowest BCUT2D eigenvalue weighted by molar-refractivity contribution is 0.627. The van der Waals surface area contributed by atoms with Gasteiger partial charge in [0.15, 0.2) is 0 Å². The number of anilines is 1. The van der Waals surface area contributed by atoms with E-state index in [4.69, 9.17) is 11.6 Å². The minimum Gasteiger partial charge on any atom is -0.364 e. The van der Waals surface area contributed by atoms with Crippen LogP contribution in [0.1, 0.15) is 12.6 Å². The summed E-state index contributed by atoms with van der Waals surface area (Å²) in [6.07, 6.45) is 3.61.